The van der Waals surface area contributed by atoms with Gasteiger partial charge in [0.15, 0.2) is 0 Å². The molecule has 0 unspecified atom stereocenters. The Kier molecular flexibility index (Phi) is 6.29. The van der Waals surface area contributed by atoms with Crippen LogP contribution in [0.4, 0.5) is 5.69 Å². The van der Waals surface area contributed by atoms with Crippen molar-refractivity contribution in [2.45, 2.75) is 0 Å². The molecule has 5 nitrogen and oxygen atoms in total. The van der Waals surface area contributed by atoms with E-state index in [1.807, 2.05) is 6.07 Å². The van der Waals surface area contributed by atoms with Gasteiger partial charge < -0.3 is 14.8 Å². The number of amides is 1. The van der Waals surface area contributed by atoms with Crippen LogP contribution < -0.4 is 14.8 Å². The number of hydrogen-bond acceptors (Lipinski definition) is 4. The Morgan fingerprint density at radius 3 is 2.48 bits per heavy atom. The highest BCUT2D eigenvalue weighted by atomic mass is 35.5. The molecule has 0 aliphatic carbocycles. The van der Waals surface area contributed by atoms with Crippen LogP contribution in [0.3, 0.4) is 0 Å². The second-order valence-corrected chi connectivity index (χ2v) is 5.68. The third-order valence-corrected chi connectivity index (χ3v) is 4.02. The Balaban J connectivity index is 2.29. The first-order valence-corrected chi connectivity index (χ1v) is 7.84. The van der Waals surface area contributed by atoms with Gasteiger partial charge in [0, 0.05) is 17.3 Å². The van der Waals surface area contributed by atoms with Crippen molar-refractivity contribution in [3.8, 4) is 17.6 Å². The van der Waals surface area contributed by atoms with E-state index in [0.717, 1.165) is 0 Å². The van der Waals surface area contributed by atoms with E-state index in [4.69, 9.17) is 32.7 Å². The average molecular weight is 377 g/mol. The number of carbonyl (C=O) groups is 1. The fraction of sp³-hybridized carbons (Fsp3) is 0.111. The van der Waals surface area contributed by atoms with Gasteiger partial charge in [-0.05, 0) is 36.4 Å². The second kappa shape index (κ2) is 8.43. The average Bonchev–Trinajstić information content (AvgIpc) is 2.62. The number of rotatable bonds is 5. The van der Waals surface area contributed by atoms with Gasteiger partial charge in [-0.3, -0.25) is 4.79 Å². The van der Waals surface area contributed by atoms with Crippen LogP contribution in [0.1, 0.15) is 5.56 Å². The lowest BCUT2D eigenvalue weighted by molar-refractivity contribution is -0.112. The number of nitrogens with one attached hydrogen (secondary N) is 1. The molecule has 0 aliphatic rings. The van der Waals surface area contributed by atoms with Crippen LogP contribution in [0.15, 0.2) is 42.0 Å². The number of hydrogen-bond donors (Lipinski definition) is 1. The molecule has 0 bridgehead atoms. The number of carbonyl (C=O) groups excluding carboxylic acids is 1. The molecule has 2 aromatic rings. The van der Waals surface area contributed by atoms with Gasteiger partial charge in [-0.2, -0.15) is 5.26 Å². The van der Waals surface area contributed by atoms with Crippen LogP contribution in [0.2, 0.25) is 10.0 Å². The van der Waals surface area contributed by atoms with Crippen LogP contribution in [0, 0.1) is 11.3 Å². The number of methoxy groups -OCH3 is 2. The number of halogens is 2. The molecular weight excluding hydrogens is 363 g/mol. The molecule has 1 amide bonds. The molecule has 0 radical (unpaired) electrons. The Morgan fingerprint density at radius 1 is 1.12 bits per heavy atom. The molecule has 0 aromatic heterocycles. The molecule has 1 N–H and O–H groups in total. The fourth-order valence-corrected chi connectivity index (χ4v) is 2.31. The molecule has 0 saturated heterocycles. The Hall–Kier alpha value is -2.68. The summed E-state index contributed by atoms with van der Waals surface area (Å²) in [7, 11) is 3.03. The molecule has 2 aromatic carbocycles. The maximum atomic E-state index is 12.3. The minimum Gasteiger partial charge on any atom is -0.497 e. The Bertz CT molecular complexity index is 873. The molecule has 7 heteroatoms. The second-order valence-electron chi connectivity index (χ2n) is 4.86. The van der Waals surface area contributed by atoms with Crippen LogP contribution in [0.25, 0.3) is 6.08 Å². The highest BCUT2D eigenvalue weighted by Gasteiger charge is 2.12. The van der Waals surface area contributed by atoms with E-state index < -0.39 is 5.91 Å². The van der Waals surface area contributed by atoms with Crippen LogP contribution in [0.5, 0.6) is 11.5 Å². The van der Waals surface area contributed by atoms with Gasteiger partial charge in [-0.25, -0.2) is 0 Å². The predicted molar refractivity (Wildman–Crippen MR) is 98.2 cm³/mol. The molecule has 0 aliphatic heterocycles. The van der Waals surface area contributed by atoms with Crippen LogP contribution >= 0.6 is 23.2 Å². The molecule has 128 valence electrons. The maximum Gasteiger partial charge on any atom is 0.266 e. The summed E-state index contributed by atoms with van der Waals surface area (Å²) in [5.41, 5.74) is 0.918. The lowest BCUT2D eigenvalue weighted by Crippen LogP contribution is -2.13. The van der Waals surface area contributed by atoms with Crippen molar-refractivity contribution in [2.24, 2.45) is 0 Å². The summed E-state index contributed by atoms with van der Waals surface area (Å²) in [4.78, 5) is 12.3. The van der Waals surface area contributed by atoms with Crippen molar-refractivity contribution in [3.63, 3.8) is 0 Å². The zero-order valence-electron chi connectivity index (χ0n) is 13.5. The zero-order valence-corrected chi connectivity index (χ0v) is 15.0. The first-order chi connectivity index (χ1) is 12.0. The summed E-state index contributed by atoms with van der Waals surface area (Å²) in [5.74, 6) is 0.515. The van der Waals surface area contributed by atoms with E-state index in [-0.39, 0.29) is 5.57 Å². The third-order valence-electron chi connectivity index (χ3n) is 3.28. The highest BCUT2D eigenvalue weighted by Crippen LogP contribution is 2.27. The molecule has 0 atom stereocenters. The number of anilines is 1. The quantitative estimate of drug-likeness (QED) is 0.613. The van der Waals surface area contributed by atoms with Gasteiger partial charge in [-0.15, -0.1) is 0 Å². The number of nitrogens with zero attached hydrogens (tertiary/aromatic N) is 1. The summed E-state index contributed by atoms with van der Waals surface area (Å²) in [6, 6.07) is 11.6. The van der Waals surface area contributed by atoms with Gasteiger partial charge in [0.2, 0.25) is 0 Å². The van der Waals surface area contributed by atoms with Gasteiger partial charge in [0.05, 0.1) is 24.3 Å². The monoisotopic (exact) mass is 376 g/mol. The maximum absolute atomic E-state index is 12.3. The summed E-state index contributed by atoms with van der Waals surface area (Å²) in [6.45, 7) is 0. The molecule has 25 heavy (non-hydrogen) atoms. The van der Waals surface area contributed by atoms with E-state index in [2.05, 4.69) is 5.32 Å². The summed E-state index contributed by atoms with van der Waals surface area (Å²) in [5, 5.41) is 12.6. The number of benzene rings is 2. The first kappa shape index (κ1) is 18.7. The fourth-order valence-electron chi connectivity index (χ4n) is 2.01. The van der Waals surface area contributed by atoms with E-state index in [9.17, 15) is 10.1 Å². The summed E-state index contributed by atoms with van der Waals surface area (Å²) in [6.07, 6.45) is 1.44. The summed E-state index contributed by atoms with van der Waals surface area (Å²) < 4.78 is 10.4. The highest BCUT2D eigenvalue weighted by molar-refractivity contribution is 6.42. The molecule has 0 heterocycles. The summed E-state index contributed by atoms with van der Waals surface area (Å²) >= 11 is 11.8. The minimum atomic E-state index is -0.571. The Labute approximate surface area is 155 Å². The van der Waals surface area contributed by atoms with Crippen molar-refractivity contribution >= 4 is 40.9 Å². The molecule has 0 saturated carbocycles. The third kappa shape index (κ3) is 4.66. The number of nitriles is 1. The largest absolute Gasteiger partial charge is 0.497 e. The van der Waals surface area contributed by atoms with Gasteiger partial charge in [0.25, 0.3) is 5.91 Å². The normalized spacial score (nSPS) is 10.8. The number of ether oxygens (including phenoxy) is 2. The lowest BCUT2D eigenvalue weighted by atomic mass is 10.1. The minimum absolute atomic E-state index is 0.0884. The standard InChI is InChI=1S/C18H14Cl2N2O3/c1-24-14-5-3-11(17(9-14)25-2)7-12(10-21)18(23)22-13-4-6-15(19)16(20)8-13/h3-9H,1-2H3,(H,22,23)/b12-7-. The topological polar surface area (TPSA) is 71.3 Å². The van der Waals surface area contributed by atoms with Crippen LogP contribution in [-0.2, 0) is 4.79 Å². The van der Waals surface area contributed by atoms with Crippen LogP contribution in [-0.4, -0.2) is 20.1 Å². The smallest absolute Gasteiger partial charge is 0.266 e. The van der Waals surface area contributed by atoms with Crippen molar-refractivity contribution in [1.82, 2.24) is 0 Å². The lowest BCUT2D eigenvalue weighted by Gasteiger charge is -2.09. The molecule has 0 spiro atoms. The van der Waals surface area contributed by atoms with E-state index in [1.165, 1.54) is 26.4 Å². The van der Waals surface area contributed by atoms with E-state index in [1.54, 1.807) is 30.3 Å². The van der Waals surface area contributed by atoms with Crippen molar-refractivity contribution in [3.05, 3.63) is 57.6 Å². The van der Waals surface area contributed by atoms with Gasteiger partial charge in [-0.1, -0.05) is 23.2 Å². The molecule has 2 rings (SSSR count). The van der Waals surface area contributed by atoms with Crippen molar-refractivity contribution in [1.29, 1.82) is 5.26 Å². The van der Waals surface area contributed by atoms with E-state index in [0.29, 0.717) is 32.8 Å². The molecule has 0 fully saturated rings. The van der Waals surface area contributed by atoms with E-state index >= 15 is 0 Å². The first-order valence-electron chi connectivity index (χ1n) is 7.08. The Morgan fingerprint density at radius 2 is 1.88 bits per heavy atom. The van der Waals surface area contributed by atoms with Gasteiger partial charge in [0.1, 0.15) is 23.1 Å². The van der Waals surface area contributed by atoms with Crippen molar-refractivity contribution in [2.75, 3.05) is 19.5 Å². The zero-order chi connectivity index (χ0) is 18.4. The van der Waals surface area contributed by atoms with Crippen molar-refractivity contribution < 1.29 is 14.3 Å². The predicted octanol–water partition coefficient (Wildman–Crippen LogP) is 4.56. The van der Waals surface area contributed by atoms with Gasteiger partial charge >= 0.3 is 0 Å². The SMILES string of the molecule is COc1ccc(/C=C(/C#N)C(=O)Nc2ccc(Cl)c(Cl)c2)c(OC)c1. The molecular formula is C18H14Cl2N2O3.